The van der Waals surface area contributed by atoms with Gasteiger partial charge in [0.2, 0.25) is 0 Å². The van der Waals surface area contributed by atoms with Crippen LogP contribution in [-0.4, -0.2) is 115 Å². The lowest BCUT2D eigenvalue weighted by molar-refractivity contribution is -0.277. The van der Waals surface area contributed by atoms with Gasteiger partial charge in [-0.3, -0.25) is 28.8 Å². The molecular formula is C44H60O14. The van der Waals surface area contributed by atoms with Crippen molar-refractivity contribution in [2.45, 2.75) is 143 Å². The van der Waals surface area contributed by atoms with Crippen molar-refractivity contribution >= 4 is 35.1 Å². The fourth-order valence-electron chi connectivity index (χ4n) is 16.1. The molecule has 6 N–H and O–H groups in total. The molecule has 0 aliphatic heterocycles. The summed E-state index contributed by atoms with van der Waals surface area (Å²) in [6.07, 6.45) is -11.2. The molecule has 2 spiro atoms. The molecule has 8 aliphatic rings. The summed E-state index contributed by atoms with van der Waals surface area (Å²) in [5.74, 6) is -12.4. The van der Waals surface area contributed by atoms with E-state index in [1.54, 1.807) is 13.8 Å². The molecule has 0 aromatic heterocycles. The summed E-state index contributed by atoms with van der Waals surface area (Å²) in [7, 11) is 0. The molecule has 0 heterocycles. The van der Waals surface area contributed by atoms with Gasteiger partial charge in [0.25, 0.3) is 0 Å². The van der Waals surface area contributed by atoms with Crippen molar-refractivity contribution in [3.05, 3.63) is 12.2 Å². The van der Waals surface area contributed by atoms with Gasteiger partial charge in [-0.2, -0.15) is 0 Å². The largest absolute Gasteiger partial charge is 0.462 e. The predicted octanol–water partition coefficient (Wildman–Crippen LogP) is 1.26. The van der Waals surface area contributed by atoms with Crippen LogP contribution in [0.4, 0.5) is 0 Å². The molecule has 0 saturated heterocycles. The molecule has 14 nitrogen and oxygen atoms in total. The van der Waals surface area contributed by atoms with Gasteiger partial charge in [0.15, 0.2) is 5.78 Å². The zero-order valence-corrected chi connectivity index (χ0v) is 34.6. The van der Waals surface area contributed by atoms with Crippen molar-refractivity contribution in [2.24, 2.45) is 79.8 Å². The fourth-order valence-corrected chi connectivity index (χ4v) is 16.1. The first-order valence-corrected chi connectivity index (χ1v) is 21.0. The van der Waals surface area contributed by atoms with Gasteiger partial charge in [0.05, 0.1) is 59.3 Å². The second kappa shape index (κ2) is 12.6. The van der Waals surface area contributed by atoms with Crippen LogP contribution in [-0.2, 0) is 38.2 Å². The molecule has 14 heteroatoms. The second-order valence-corrected chi connectivity index (χ2v) is 21.2. The first kappa shape index (κ1) is 41.8. The molecule has 8 rings (SSSR count). The highest BCUT2D eigenvalue weighted by molar-refractivity contribution is 6.13. The van der Waals surface area contributed by atoms with Crippen LogP contribution < -0.4 is 0 Å². The number of carbonyl (C=O) groups excluding carboxylic acids is 6. The second-order valence-electron chi connectivity index (χ2n) is 21.2. The van der Waals surface area contributed by atoms with Crippen molar-refractivity contribution in [1.29, 1.82) is 0 Å². The van der Waals surface area contributed by atoms with Gasteiger partial charge in [-0.25, -0.2) is 0 Å². The molecule has 58 heavy (non-hydrogen) atoms. The van der Waals surface area contributed by atoms with E-state index in [1.807, 2.05) is 27.7 Å². The van der Waals surface area contributed by atoms with Gasteiger partial charge in [0.1, 0.15) is 29.6 Å². The smallest absolute Gasteiger partial charge is 0.302 e. The maximum Gasteiger partial charge on any atom is 0.302 e. The first-order valence-electron chi connectivity index (χ1n) is 21.0. The Kier molecular flexibility index (Phi) is 9.08. The Morgan fingerprint density at radius 3 is 1.66 bits per heavy atom. The third kappa shape index (κ3) is 4.60. The van der Waals surface area contributed by atoms with Crippen LogP contribution >= 0.6 is 0 Å². The number of ether oxygens (including phenoxy) is 2. The number of rotatable bonds is 4. The standard InChI is InChI=1S/C44H60O14/c1-16-31-33(52)20(34-42(9)23(13-28(51)44(34,35(16)53)37(31)55)40(6,7)30(15-26(42)49)58-18(3)46)10-19-32-21(47)11-24-41(8)22(12-27(50)43(24,36(19)54)38(32)56)39(4,5)29(14-25(41)48)57-17(2)45/h19-20,22-32,34,37-38,48-51,55-56H,1,10-15H2,2-9H3/t19-,20+,22-,23-,24+,25+,26+,27-,28-,29+,30+,31-,32-,34+,37-,38-,41-,42+,43+,44-/m1/s1. The molecule has 0 unspecified atom stereocenters. The zero-order chi connectivity index (χ0) is 42.9. The Labute approximate surface area is 338 Å². The number of hydrogen-bond acceptors (Lipinski definition) is 14. The number of ketones is 4. The van der Waals surface area contributed by atoms with Crippen LogP contribution in [0.15, 0.2) is 12.2 Å². The number of fused-ring (bicyclic) bond motifs is 6. The van der Waals surface area contributed by atoms with E-state index in [2.05, 4.69) is 6.58 Å². The Hall–Kier alpha value is -2.88. The van der Waals surface area contributed by atoms with Crippen LogP contribution in [0, 0.1) is 79.8 Å². The summed E-state index contributed by atoms with van der Waals surface area (Å²) in [5, 5.41) is 73.1. The molecule has 20 atom stereocenters. The molecule has 0 aromatic carbocycles. The Bertz CT molecular complexity index is 1900. The highest BCUT2D eigenvalue weighted by Gasteiger charge is 2.82. The Morgan fingerprint density at radius 1 is 0.655 bits per heavy atom. The lowest BCUT2D eigenvalue weighted by Gasteiger charge is -2.68. The van der Waals surface area contributed by atoms with Crippen LogP contribution in [0.25, 0.3) is 0 Å². The minimum absolute atomic E-state index is 0.00855. The summed E-state index contributed by atoms with van der Waals surface area (Å²) in [4.78, 5) is 83.8. The monoisotopic (exact) mass is 812 g/mol. The van der Waals surface area contributed by atoms with E-state index < -0.39 is 164 Å². The van der Waals surface area contributed by atoms with Gasteiger partial charge in [-0.05, 0) is 42.9 Å². The molecule has 320 valence electrons. The van der Waals surface area contributed by atoms with E-state index in [-0.39, 0.29) is 44.1 Å². The summed E-state index contributed by atoms with van der Waals surface area (Å²) in [6.45, 7) is 17.3. The van der Waals surface area contributed by atoms with Crippen LogP contribution in [0.3, 0.4) is 0 Å². The number of esters is 2. The van der Waals surface area contributed by atoms with Gasteiger partial charge < -0.3 is 40.1 Å². The summed E-state index contributed by atoms with van der Waals surface area (Å²) >= 11 is 0. The Morgan fingerprint density at radius 2 is 1.14 bits per heavy atom. The lowest BCUT2D eigenvalue weighted by atomic mass is 9.36. The van der Waals surface area contributed by atoms with Crippen molar-refractivity contribution in [3.63, 3.8) is 0 Å². The molecule has 8 saturated carbocycles. The third-order valence-corrected chi connectivity index (χ3v) is 18.7. The highest BCUT2D eigenvalue weighted by Crippen LogP contribution is 2.75. The van der Waals surface area contributed by atoms with Crippen LogP contribution in [0.5, 0.6) is 0 Å². The summed E-state index contributed by atoms with van der Waals surface area (Å²) in [6, 6.07) is 0. The van der Waals surface area contributed by atoms with E-state index in [4.69, 9.17) is 9.47 Å². The summed E-state index contributed by atoms with van der Waals surface area (Å²) < 4.78 is 11.4. The minimum Gasteiger partial charge on any atom is -0.462 e. The number of Topliss-reactive ketones (excluding diaryl/α,β-unsaturated/α-hetero) is 4. The van der Waals surface area contributed by atoms with Crippen molar-refractivity contribution < 1.29 is 68.9 Å². The van der Waals surface area contributed by atoms with E-state index in [0.717, 1.165) is 0 Å². The number of hydrogen-bond donors (Lipinski definition) is 6. The number of aliphatic hydroxyl groups excluding tert-OH is 6. The number of carbonyl (C=O) groups is 6. The molecular weight excluding hydrogens is 752 g/mol. The van der Waals surface area contributed by atoms with Gasteiger partial charge >= 0.3 is 11.9 Å². The SMILES string of the molecule is C=C1C(=O)[C@@]23[C@H](O)C[C@@H]4C(C)(C)[C@@H](OC(C)=O)C[C@H](O)[C@@]4(C)[C@@H]2[C@@H](C[C@H]2C(=O)[C@@]45[C@H](O)C[C@@H]6C(C)(C)[C@@H](OC(C)=O)C[C@H](O)[C@@]6(C)[C@@H]4CC(=O)[C@@H]2[C@H]5O)C(=O)[C@@H]1[C@H]3O. The van der Waals surface area contributed by atoms with E-state index >= 15 is 4.79 Å². The average Bonchev–Trinajstić information content (AvgIpc) is 3.36. The normalized spacial score (nSPS) is 53.6. The fraction of sp³-hybridized carbons (Fsp3) is 0.818. The van der Waals surface area contributed by atoms with Gasteiger partial charge in [0, 0.05) is 72.2 Å². The average molecular weight is 813 g/mol. The van der Waals surface area contributed by atoms with Gasteiger partial charge in [-0.1, -0.05) is 48.1 Å². The molecule has 0 aromatic rings. The van der Waals surface area contributed by atoms with Crippen molar-refractivity contribution in [3.8, 4) is 0 Å². The maximum absolute atomic E-state index is 15.4. The van der Waals surface area contributed by atoms with E-state index in [9.17, 15) is 54.6 Å². The van der Waals surface area contributed by atoms with E-state index in [0.29, 0.717) is 0 Å². The van der Waals surface area contributed by atoms with Crippen molar-refractivity contribution in [2.75, 3.05) is 0 Å². The molecule has 0 amide bonds. The van der Waals surface area contributed by atoms with Crippen molar-refractivity contribution in [1.82, 2.24) is 0 Å². The maximum atomic E-state index is 15.4. The third-order valence-electron chi connectivity index (χ3n) is 18.7. The Balaban J connectivity index is 1.24. The number of aliphatic hydroxyl groups is 6. The summed E-state index contributed by atoms with van der Waals surface area (Å²) in [5.41, 5.74) is -8.42. The molecule has 8 aliphatic carbocycles. The molecule has 4 bridgehead atoms. The molecule has 0 radical (unpaired) electrons. The first-order chi connectivity index (χ1) is 26.7. The van der Waals surface area contributed by atoms with Crippen LogP contribution in [0.1, 0.15) is 93.9 Å². The molecule has 8 fully saturated rings. The van der Waals surface area contributed by atoms with E-state index in [1.165, 1.54) is 13.8 Å². The lowest BCUT2D eigenvalue weighted by Crippen LogP contribution is -2.74. The quantitative estimate of drug-likeness (QED) is 0.173. The zero-order valence-electron chi connectivity index (χ0n) is 34.6. The minimum atomic E-state index is -2.00. The highest BCUT2D eigenvalue weighted by atomic mass is 16.5. The van der Waals surface area contributed by atoms with Gasteiger partial charge in [-0.15, -0.1) is 0 Å². The predicted molar refractivity (Wildman–Crippen MR) is 201 cm³/mol. The topological polar surface area (TPSA) is 242 Å². The van der Waals surface area contributed by atoms with Crippen LogP contribution in [0.2, 0.25) is 0 Å².